The van der Waals surface area contributed by atoms with Gasteiger partial charge in [-0.05, 0) is 37.8 Å². The molecule has 0 unspecified atom stereocenters. The first-order valence-electron chi connectivity index (χ1n) is 9.45. The van der Waals surface area contributed by atoms with E-state index in [0.717, 1.165) is 17.9 Å². The van der Waals surface area contributed by atoms with E-state index in [1.165, 1.54) is 19.8 Å². The van der Waals surface area contributed by atoms with E-state index in [2.05, 4.69) is 15.4 Å². The summed E-state index contributed by atoms with van der Waals surface area (Å²) in [5, 5.41) is 7.11. The van der Waals surface area contributed by atoms with Crippen LogP contribution < -0.4 is 14.8 Å². The zero-order valence-electron chi connectivity index (χ0n) is 16.3. The molecule has 3 aromatic rings. The molecule has 2 heterocycles. The number of carbonyl (C=O) groups excluding carboxylic acids is 1. The van der Waals surface area contributed by atoms with Crippen LogP contribution in [0.4, 0.5) is 0 Å². The monoisotopic (exact) mass is 384 g/mol. The molecule has 1 saturated carbocycles. The summed E-state index contributed by atoms with van der Waals surface area (Å²) in [5.74, 6) is 2.31. The van der Waals surface area contributed by atoms with E-state index in [0.29, 0.717) is 35.6 Å². The molecule has 8 nitrogen and oxygen atoms in total. The van der Waals surface area contributed by atoms with Gasteiger partial charge in [-0.1, -0.05) is 0 Å². The van der Waals surface area contributed by atoms with Crippen LogP contribution in [0.3, 0.4) is 0 Å². The summed E-state index contributed by atoms with van der Waals surface area (Å²) in [4.78, 5) is 15.6. The van der Waals surface area contributed by atoms with Crippen molar-refractivity contribution in [3.8, 4) is 23.2 Å². The lowest BCUT2D eigenvalue weighted by Gasteiger charge is -2.11. The lowest BCUT2D eigenvalue weighted by atomic mass is 10.3. The van der Waals surface area contributed by atoms with Crippen LogP contribution in [0.2, 0.25) is 0 Å². The normalized spacial score (nSPS) is 14.8. The third kappa shape index (κ3) is 4.27. The summed E-state index contributed by atoms with van der Waals surface area (Å²) < 4.78 is 19.1. The number of ether oxygens (including phenoxy) is 2. The van der Waals surface area contributed by atoms with Crippen LogP contribution in [-0.2, 0) is 11.8 Å². The fraction of sp³-hybridized carbons (Fsp3) is 0.450. The Labute approximate surface area is 162 Å². The molecule has 1 aromatic carbocycles. The average molecular weight is 384 g/mol. The van der Waals surface area contributed by atoms with Crippen molar-refractivity contribution in [2.75, 3.05) is 13.2 Å². The summed E-state index contributed by atoms with van der Waals surface area (Å²) >= 11 is 0. The molecule has 1 atom stereocenters. The van der Waals surface area contributed by atoms with Crippen LogP contribution in [0.15, 0.2) is 28.7 Å². The number of aryl methyl sites for hydroxylation is 1. The van der Waals surface area contributed by atoms with E-state index >= 15 is 0 Å². The predicted octanol–water partition coefficient (Wildman–Crippen LogP) is 2.92. The highest BCUT2D eigenvalue weighted by atomic mass is 16.5. The van der Waals surface area contributed by atoms with Crippen molar-refractivity contribution in [2.24, 2.45) is 13.0 Å². The van der Waals surface area contributed by atoms with Crippen molar-refractivity contribution >= 4 is 17.0 Å². The minimum absolute atomic E-state index is 0.0928. The molecule has 0 bridgehead atoms. The number of nitrogens with zero attached hydrogens (tertiary/aromatic N) is 3. The molecule has 0 radical (unpaired) electrons. The van der Waals surface area contributed by atoms with Gasteiger partial charge in [-0.15, -0.1) is 5.10 Å². The van der Waals surface area contributed by atoms with E-state index in [1.807, 2.05) is 25.1 Å². The van der Waals surface area contributed by atoms with E-state index in [1.54, 1.807) is 17.8 Å². The minimum Gasteiger partial charge on any atom is -0.493 e. The molecule has 1 fully saturated rings. The first-order chi connectivity index (χ1) is 13.5. The smallest absolute Gasteiger partial charge is 0.246 e. The molecule has 2 aromatic heterocycles. The predicted molar refractivity (Wildman–Crippen MR) is 103 cm³/mol. The molecular weight excluding hydrogens is 360 g/mol. The lowest BCUT2D eigenvalue weighted by molar-refractivity contribution is -0.119. The number of benzene rings is 1. The topological polar surface area (TPSA) is 91.4 Å². The molecular formula is C20H24N4O4. The number of carbonyl (C=O) groups is 1. The Morgan fingerprint density at radius 3 is 2.93 bits per heavy atom. The van der Waals surface area contributed by atoms with E-state index in [-0.39, 0.29) is 11.9 Å². The highest BCUT2D eigenvalue weighted by molar-refractivity contribution is 5.77. The van der Waals surface area contributed by atoms with Gasteiger partial charge in [0.25, 0.3) is 0 Å². The zero-order chi connectivity index (χ0) is 19.7. The van der Waals surface area contributed by atoms with Gasteiger partial charge >= 0.3 is 0 Å². The Morgan fingerprint density at radius 1 is 1.36 bits per heavy atom. The molecule has 8 heteroatoms. The summed E-state index contributed by atoms with van der Waals surface area (Å²) in [6.07, 6.45) is 2.51. The quantitative estimate of drug-likeness (QED) is 0.642. The Balaban J connectivity index is 1.47. The van der Waals surface area contributed by atoms with Gasteiger partial charge < -0.3 is 19.2 Å². The Hall–Kier alpha value is -3.03. The molecule has 0 aliphatic heterocycles. The van der Waals surface area contributed by atoms with Gasteiger partial charge in [0, 0.05) is 26.1 Å². The Morgan fingerprint density at radius 2 is 2.18 bits per heavy atom. The lowest BCUT2D eigenvalue weighted by Crippen LogP contribution is -2.35. The fourth-order valence-electron chi connectivity index (χ4n) is 2.91. The van der Waals surface area contributed by atoms with Crippen molar-refractivity contribution in [3.63, 3.8) is 0 Å². The summed E-state index contributed by atoms with van der Waals surface area (Å²) in [5.41, 5.74) is 2.14. The molecule has 4 rings (SSSR count). The molecule has 1 aliphatic rings. The number of hydrogen-bond donors (Lipinski definition) is 1. The maximum Gasteiger partial charge on any atom is 0.246 e. The Bertz CT molecular complexity index is 989. The number of fused-ring (bicyclic) bond motifs is 1. The molecule has 0 saturated heterocycles. The SMILES string of the molecule is CC(=O)N[C@@H](C)COc1cc(-c2nc3ccc(OCC4CC4)cc3o2)n(C)n1. The van der Waals surface area contributed by atoms with Crippen molar-refractivity contribution in [3.05, 3.63) is 24.3 Å². The maximum atomic E-state index is 11.1. The number of rotatable bonds is 8. The summed E-state index contributed by atoms with van der Waals surface area (Å²) in [6, 6.07) is 7.35. The second-order valence-electron chi connectivity index (χ2n) is 7.31. The largest absolute Gasteiger partial charge is 0.493 e. The van der Waals surface area contributed by atoms with Crippen LogP contribution in [-0.4, -0.2) is 39.9 Å². The van der Waals surface area contributed by atoms with Gasteiger partial charge in [-0.3, -0.25) is 9.48 Å². The minimum atomic E-state index is -0.110. The number of aromatic nitrogens is 3. The standard InChI is InChI=1S/C20H24N4O4/c1-12(21-13(2)25)10-27-19-9-17(24(3)23-19)20-22-16-7-6-15(8-18(16)28-20)26-11-14-4-5-14/h6-9,12,14H,4-5,10-11H2,1-3H3,(H,21,25)/t12-/m0/s1. The second-order valence-corrected chi connectivity index (χ2v) is 7.31. The molecule has 1 amide bonds. The van der Waals surface area contributed by atoms with Crippen LogP contribution in [0.1, 0.15) is 26.7 Å². The highest BCUT2D eigenvalue weighted by Crippen LogP contribution is 2.31. The van der Waals surface area contributed by atoms with Crippen LogP contribution in [0.5, 0.6) is 11.6 Å². The van der Waals surface area contributed by atoms with Gasteiger partial charge in [0.15, 0.2) is 5.58 Å². The third-order valence-corrected chi connectivity index (χ3v) is 4.55. The number of amides is 1. The van der Waals surface area contributed by atoms with E-state index in [4.69, 9.17) is 13.9 Å². The average Bonchev–Trinajstić information content (AvgIpc) is 3.26. The van der Waals surface area contributed by atoms with Gasteiger partial charge in [0.1, 0.15) is 23.6 Å². The first-order valence-corrected chi connectivity index (χ1v) is 9.45. The second kappa shape index (κ2) is 7.53. The number of nitrogens with one attached hydrogen (secondary N) is 1. The van der Waals surface area contributed by atoms with Crippen molar-refractivity contribution in [1.82, 2.24) is 20.1 Å². The zero-order valence-corrected chi connectivity index (χ0v) is 16.3. The van der Waals surface area contributed by atoms with E-state index < -0.39 is 0 Å². The van der Waals surface area contributed by atoms with Crippen LogP contribution in [0, 0.1) is 5.92 Å². The van der Waals surface area contributed by atoms with Crippen LogP contribution >= 0.6 is 0 Å². The van der Waals surface area contributed by atoms with Gasteiger partial charge in [-0.2, -0.15) is 0 Å². The number of oxazole rings is 1. The first kappa shape index (κ1) is 18.3. The molecule has 1 N–H and O–H groups in total. The van der Waals surface area contributed by atoms with Crippen molar-refractivity contribution in [1.29, 1.82) is 0 Å². The fourth-order valence-corrected chi connectivity index (χ4v) is 2.91. The molecule has 1 aliphatic carbocycles. The Kier molecular flexibility index (Phi) is 4.93. The van der Waals surface area contributed by atoms with Gasteiger partial charge in [0.05, 0.1) is 12.6 Å². The highest BCUT2D eigenvalue weighted by Gasteiger charge is 2.22. The van der Waals surface area contributed by atoms with Crippen molar-refractivity contribution in [2.45, 2.75) is 32.7 Å². The third-order valence-electron chi connectivity index (χ3n) is 4.55. The van der Waals surface area contributed by atoms with Crippen molar-refractivity contribution < 1.29 is 18.7 Å². The molecule has 28 heavy (non-hydrogen) atoms. The van der Waals surface area contributed by atoms with Crippen LogP contribution in [0.25, 0.3) is 22.7 Å². The number of hydrogen-bond acceptors (Lipinski definition) is 6. The molecule has 148 valence electrons. The summed E-state index contributed by atoms with van der Waals surface area (Å²) in [6.45, 7) is 4.43. The van der Waals surface area contributed by atoms with E-state index in [9.17, 15) is 4.79 Å². The van der Waals surface area contributed by atoms with Gasteiger partial charge in [-0.25, -0.2) is 4.98 Å². The maximum absolute atomic E-state index is 11.1. The summed E-state index contributed by atoms with van der Waals surface area (Å²) in [7, 11) is 1.80. The molecule has 0 spiro atoms. The van der Waals surface area contributed by atoms with Gasteiger partial charge in [0.2, 0.25) is 17.7 Å².